The number of nitrogens with one attached hydrogen (secondary N) is 2. The Hall–Kier alpha value is -2.14. The Morgan fingerprint density at radius 3 is 3.00 bits per heavy atom. The number of aryl methyl sites for hydroxylation is 1. The summed E-state index contributed by atoms with van der Waals surface area (Å²) in [6, 6.07) is 7.87. The molecule has 0 saturated carbocycles. The molecule has 3 rings (SSSR count). The Kier molecular flexibility index (Phi) is 3.52. The molecule has 0 fully saturated rings. The van der Waals surface area contributed by atoms with Crippen LogP contribution in [0.5, 0.6) is 0 Å². The first kappa shape index (κ1) is 12.9. The van der Waals surface area contributed by atoms with Gasteiger partial charge in [-0.25, -0.2) is 0 Å². The zero-order valence-electron chi connectivity index (χ0n) is 11.5. The Labute approximate surface area is 118 Å². The average molecular weight is 270 g/mol. The summed E-state index contributed by atoms with van der Waals surface area (Å²) in [5.41, 5.74) is 4.36. The van der Waals surface area contributed by atoms with E-state index < -0.39 is 0 Å². The van der Waals surface area contributed by atoms with Gasteiger partial charge >= 0.3 is 0 Å². The third-order valence-corrected chi connectivity index (χ3v) is 3.69. The van der Waals surface area contributed by atoms with Gasteiger partial charge in [0, 0.05) is 50.6 Å². The Balaban J connectivity index is 1.58. The zero-order chi connectivity index (χ0) is 13.9. The lowest BCUT2D eigenvalue weighted by Crippen LogP contribution is -2.26. The highest BCUT2D eigenvalue weighted by Crippen LogP contribution is 2.16. The summed E-state index contributed by atoms with van der Waals surface area (Å²) in [4.78, 5) is 12.1. The second kappa shape index (κ2) is 5.46. The molecule has 5 heteroatoms. The van der Waals surface area contributed by atoms with Gasteiger partial charge in [0.25, 0.3) is 5.91 Å². The van der Waals surface area contributed by atoms with Gasteiger partial charge < -0.3 is 10.6 Å². The van der Waals surface area contributed by atoms with Crippen LogP contribution in [0.2, 0.25) is 0 Å². The van der Waals surface area contributed by atoms with Crippen LogP contribution in [0.25, 0.3) is 0 Å². The number of rotatable bonds is 4. The Bertz CT molecular complexity index is 633. The molecule has 1 amide bonds. The second-order valence-corrected chi connectivity index (χ2v) is 5.04. The lowest BCUT2D eigenvalue weighted by atomic mass is 10.1. The molecule has 0 unspecified atom stereocenters. The third kappa shape index (κ3) is 2.58. The number of aromatic nitrogens is 2. The molecule has 0 atom stereocenters. The van der Waals surface area contributed by atoms with E-state index in [9.17, 15) is 4.79 Å². The largest absolute Gasteiger partial charge is 0.352 e. The van der Waals surface area contributed by atoms with E-state index in [1.807, 2.05) is 36.0 Å². The van der Waals surface area contributed by atoms with Crippen molar-refractivity contribution in [3.8, 4) is 0 Å². The molecule has 104 valence electrons. The number of nitrogens with zero attached hydrogens (tertiary/aromatic N) is 2. The molecular formula is C15H18N4O. The molecule has 5 nitrogen and oxygen atoms in total. The van der Waals surface area contributed by atoms with Crippen molar-refractivity contribution in [2.75, 3.05) is 6.54 Å². The van der Waals surface area contributed by atoms with E-state index in [1.54, 1.807) is 6.20 Å². The Morgan fingerprint density at radius 1 is 1.35 bits per heavy atom. The standard InChI is InChI=1S/C15H18N4O/c1-19-14(5-7-18-19)4-6-17-15(20)11-2-3-12-9-16-10-13(12)8-11/h2-3,5,7-8,16H,4,6,9-10H2,1H3,(H,17,20). The molecule has 2 aromatic rings. The van der Waals surface area contributed by atoms with Crippen molar-refractivity contribution in [2.24, 2.45) is 7.05 Å². The topological polar surface area (TPSA) is 59.0 Å². The van der Waals surface area contributed by atoms with E-state index in [1.165, 1.54) is 11.1 Å². The maximum absolute atomic E-state index is 12.1. The van der Waals surface area contributed by atoms with E-state index in [0.717, 1.165) is 30.8 Å². The molecule has 0 radical (unpaired) electrons. The molecule has 0 aliphatic carbocycles. The molecule has 2 N–H and O–H groups in total. The summed E-state index contributed by atoms with van der Waals surface area (Å²) in [5, 5.41) is 10.3. The summed E-state index contributed by atoms with van der Waals surface area (Å²) < 4.78 is 1.83. The van der Waals surface area contributed by atoms with Gasteiger partial charge in [-0.05, 0) is 29.3 Å². The highest BCUT2D eigenvalue weighted by atomic mass is 16.1. The molecule has 0 bridgehead atoms. The van der Waals surface area contributed by atoms with Crippen molar-refractivity contribution in [1.29, 1.82) is 0 Å². The van der Waals surface area contributed by atoms with E-state index in [4.69, 9.17) is 0 Å². The number of carbonyl (C=O) groups is 1. The molecule has 2 heterocycles. The van der Waals surface area contributed by atoms with Crippen molar-refractivity contribution >= 4 is 5.91 Å². The third-order valence-electron chi connectivity index (χ3n) is 3.69. The summed E-state index contributed by atoms with van der Waals surface area (Å²) in [7, 11) is 1.91. The first-order valence-corrected chi connectivity index (χ1v) is 6.81. The molecule has 0 saturated heterocycles. The predicted octanol–water partition coefficient (Wildman–Crippen LogP) is 0.996. The monoisotopic (exact) mass is 270 g/mol. The van der Waals surface area contributed by atoms with Crippen LogP contribution < -0.4 is 10.6 Å². The number of hydrogen-bond acceptors (Lipinski definition) is 3. The van der Waals surface area contributed by atoms with Crippen LogP contribution in [0.3, 0.4) is 0 Å². The molecule has 1 aromatic heterocycles. The molecule has 0 spiro atoms. The SMILES string of the molecule is Cn1nccc1CCNC(=O)c1ccc2c(c1)CNC2. The maximum atomic E-state index is 12.1. The predicted molar refractivity (Wildman–Crippen MR) is 76.2 cm³/mol. The summed E-state index contributed by atoms with van der Waals surface area (Å²) >= 11 is 0. The van der Waals surface area contributed by atoms with Gasteiger partial charge in [0.1, 0.15) is 0 Å². The highest BCUT2D eigenvalue weighted by molar-refractivity contribution is 5.94. The van der Waals surface area contributed by atoms with Crippen LogP contribution in [0.4, 0.5) is 0 Å². The van der Waals surface area contributed by atoms with Crippen molar-refractivity contribution in [2.45, 2.75) is 19.5 Å². The minimum absolute atomic E-state index is 0.0122. The molecular weight excluding hydrogens is 252 g/mol. The van der Waals surface area contributed by atoms with Crippen LogP contribution in [0.15, 0.2) is 30.5 Å². The summed E-state index contributed by atoms with van der Waals surface area (Å²) in [5.74, 6) is -0.0122. The van der Waals surface area contributed by atoms with E-state index in [-0.39, 0.29) is 5.91 Å². The maximum Gasteiger partial charge on any atom is 0.251 e. The number of fused-ring (bicyclic) bond motifs is 1. The van der Waals surface area contributed by atoms with Crippen LogP contribution in [-0.2, 0) is 26.6 Å². The molecule has 1 aliphatic heterocycles. The summed E-state index contributed by atoms with van der Waals surface area (Å²) in [6.07, 6.45) is 2.55. The van der Waals surface area contributed by atoms with Gasteiger partial charge in [0.05, 0.1) is 0 Å². The molecule has 1 aliphatic rings. The van der Waals surface area contributed by atoms with Crippen molar-refractivity contribution in [1.82, 2.24) is 20.4 Å². The number of hydrogen-bond donors (Lipinski definition) is 2. The number of amides is 1. The second-order valence-electron chi connectivity index (χ2n) is 5.04. The minimum atomic E-state index is -0.0122. The van der Waals surface area contributed by atoms with Crippen molar-refractivity contribution in [3.05, 3.63) is 52.8 Å². The molecule has 20 heavy (non-hydrogen) atoms. The van der Waals surface area contributed by atoms with Crippen LogP contribution in [0, 0.1) is 0 Å². The van der Waals surface area contributed by atoms with Crippen LogP contribution in [0.1, 0.15) is 27.2 Å². The van der Waals surface area contributed by atoms with E-state index in [2.05, 4.69) is 15.7 Å². The average Bonchev–Trinajstić information content (AvgIpc) is 3.07. The normalized spacial score (nSPS) is 13.2. The first-order valence-electron chi connectivity index (χ1n) is 6.81. The fraction of sp³-hybridized carbons (Fsp3) is 0.333. The quantitative estimate of drug-likeness (QED) is 0.871. The van der Waals surface area contributed by atoms with Crippen molar-refractivity contribution in [3.63, 3.8) is 0 Å². The molecule has 1 aromatic carbocycles. The van der Waals surface area contributed by atoms with E-state index in [0.29, 0.717) is 6.54 Å². The fourth-order valence-corrected chi connectivity index (χ4v) is 2.49. The lowest BCUT2D eigenvalue weighted by molar-refractivity contribution is 0.0954. The van der Waals surface area contributed by atoms with Gasteiger partial charge in [-0.2, -0.15) is 5.10 Å². The first-order chi connectivity index (χ1) is 9.74. The lowest BCUT2D eigenvalue weighted by Gasteiger charge is -2.07. The van der Waals surface area contributed by atoms with E-state index >= 15 is 0 Å². The van der Waals surface area contributed by atoms with Crippen LogP contribution >= 0.6 is 0 Å². The zero-order valence-corrected chi connectivity index (χ0v) is 11.5. The van der Waals surface area contributed by atoms with Gasteiger partial charge in [0.2, 0.25) is 0 Å². The van der Waals surface area contributed by atoms with Gasteiger partial charge in [-0.3, -0.25) is 9.48 Å². The van der Waals surface area contributed by atoms with Crippen molar-refractivity contribution < 1.29 is 4.79 Å². The Morgan fingerprint density at radius 2 is 2.20 bits per heavy atom. The minimum Gasteiger partial charge on any atom is -0.352 e. The van der Waals surface area contributed by atoms with Gasteiger partial charge in [0.15, 0.2) is 0 Å². The highest BCUT2D eigenvalue weighted by Gasteiger charge is 2.13. The number of benzene rings is 1. The fourth-order valence-electron chi connectivity index (χ4n) is 2.49. The van der Waals surface area contributed by atoms with Gasteiger partial charge in [-0.1, -0.05) is 6.07 Å². The summed E-state index contributed by atoms with van der Waals surface area (Å²) in [6.45, 7) is 2.37. The number of carbonyl (C=O) groups excluding carboxylic acids is 1. The smallest absolute Gasteiger partial charge is 0.251 e. The van der Waals surface area contributed by atoms with Gasteiger partial charge in [-0.15, -0.1) is 0 Å². The van der Waals surface area contributed by atoms with Crippen LogP contribution in [-0.4, -0.2) is 22.2 Å².